The van der Waals surface area contributed by atoms with E-state index in [1.165, 1.54) is 4.31 Å². The van der Waals surface area contributed by atoms with E-state index in [1.54, 1.807) is 16.7 Å². The first-order valence-corrected chi connectivity index (χ1v) is 13.3. The number of nitrogens with zero attached hydrogens (tertiary/aromatic N) is 2. The van der Waals surface area contributed by atoms with Crippen LogP contribution in [-0.4, -0.2) is 68.2 Å². The summed E-state index contributed by atoms with van der Waals surface area (Å²) in [5, 5.41) is 0. The van der Waals surface area contributed by atoms with Crippen LogP contribution in [0.1, 0.15) is 28.8 Å². The second-order valence-corrected chi connectivity index (χ2v) is 10.9. The molecule has 0 aliphatic carbocycles. The number of rotatable bonds is 7. The van der Waals surface area contributed by atoms with E-state index in [4.69, 9.17) is 4.74 Å². The molecule has 0 spiro atoms. The van der Waals surface area contributed by atoms with Crippen molar-refractivity contribution in [2.45, 2.75) is 29.6 Å². The zero-order valence-electron chi connectivity index (χ0n) is 17.5. The molecule has 2 aliphatic rings. The number of hydrogen-bond acceptors (Lipinski definition) is 5. The molecule has 1 amide bonds. The number of ether oxygens (including phenoxy) is 1. The van der Waals surface area contributed by atoms with Crippen molar-refractivity contribution in [3.8, 4) is 0 Å². The molecule has 4 rings (SSSR count). The molecule has 31 heavy (non-hydrogen) atoms. The molecule has 2 fully saturated rings. The first-order valence-electron chi connectivity index (χ1n) is 10.7. The zero-order valence-corrected chi connectivity index (χ0v) is 19.1. The van der Waals surface area contributed by atoms with Crippen molar-refractivity contribution < 1.29 is 17.9 Å². The Kier molecular flexibility index (Phi) is 7.32. The molecule has 2 heterocycles. The fourth-order valence-corrected chi connectivity index (χ4v) is 6.57. The number of carbonyl (C=O) groups is 1. The van der Waals surface area contributed by atoms with Crippen molar-refractivity contribution in [1.82, 2.24) is 9.21 Å². The van der Waals surface area contributed by atoms with Crippen molar-refractivity contribution in [2.24, 2.45) is 0 Å². The summed E-state index contributed by atoms with van der Waals surface area (Å²) in [5.74, 6) is 0.802. The van der Waals surface area contributed by atoms with E-state index >= 15 is 0 Å². The Hall–Kier alpha value is -1.87. The van der Waals surface area contributed by atoms with Gasteiger partial charge in [-0.2, -0.15) is 4.31 Å². The second-order valence-electron chi connectivity index (χ2n) is 7.88. The van der Waals surface area contributed by atoms with Crippen LogP contribution in [0.2, 0.25) is 0 Å². The van der Waals surface area contributed by atoms with Crippen molar-refractivity contribution in [2.75, 3.05) is 38.5 Å². The van der Waals surface area contributed by atoms with E-state index in [-0.39, 0.29) is 17.8 Å². The molecule has 166 valence electrons. The van der Waals surface area contributed by atoms with Crippen molar-refractivity contribution >= 4 is 27.7 Å². The highest BCUT2D eigenvalue weighted by Crippen LogP contribution is 2.28. The molecule has 0 N–H and O–H groups in total. The van der Waals surface area contributed by atoms with Gasteiger partial charge in [0.05, 0.1) is 17.4 Å². The lowest BCUT2D eigenvalue weighted by Crippen LogP contribution is -2.50. The molecule has 1 atom stereocenters. The average molecular weight is 461 g/mol. The van der Waals surface area contributed by atoms with Crippen molar-refractivity contribution in [3.63, 3.8) is 0 Å². The van der Waals surface area contributed by atoms with E-state index in [2.05, 4.69) is 0 Å². The third-order valence-electron chi connectivity index (χ3n) is 5.68. The summed E-state index contributed by atoms with van der Waals surface area (Å²) in [7, 11) is -3.40. The van der Waals surface area contributed by atoms with Crippen LogP contribution in [0.15, 0.2) is 59.5 Å². The number of hydrogen-bond donors (Lipinski definition) is 0. The number of thioether (sulfide) groups is 1. The summed E-state index contributed by atoms with van der Waals surface area (Å²) >= 11 is 1.66. The summed E-state index contributed by atoms with van der Waals surface area (Å²) in [5.41, 5.74) is 1.46. The monoisotopic (exact) mass is 460 g/mol. The Bertz CT molecular complexity index is 984. The van der Waals surface area contributed by atoms with Gasteiger partial charge in [-0.25, -0.2) is 8.42 Å². The number of sulfonamides is 1. The van der Waals surface area contributed by atoms with Crippen LogP contribution in [-0.2, 0) is 20.5 Å². The van der Waals surface area contributed by atoms with Crippen molar-refractivity contribution in [1.29, 1.82) is 0 Å². The summed E-state index contributed by atoms with van der Waals surface area (Å²) < 4.78 is 32.7. The summed E-state index contributed by atoms with van der Waals surface area (Å²) in [6, 6.07) is 16.9. The molecule has 2 aromatic carbocycles. The molecule has 2 saturated heterocycles. The third kappa shape index (κ3) is 5.68. The van der Waals surface area contributed by atoms with E-state index in [0.717, 1.165) is 35.7 Å². The standard InChI is InChI=1S/C23H28N2O4S2/c26-23(21-10-4-5-11-22(21)30-17-20-9-6-16-29-20)24-12-14-25(15-13-24)31(27,28)18-19-7-2-1-3-8-19/h1-5,7-8,10-11,20H,6,9,12-18H2/t20-/m0/s1. The van der Waals surface area contributed by atoms with Crippen LogP contribution in [0.5, 0.6) is 0 Å². The summed E-state index contributed by atoms with van der Waals surface area (Å²) in [6.45, 7) is 2.27. The number of amides is 1. The zero-order chi connectivity index (χ0) is 21.7. The maximum atomic E-state index is 13.2. The molecule has 2 aromatic rings. The van der Waals surface area contributed by atoms with E-state index < -0.39 is 10.0 Å². The Balaban J connectivity index is 1.36. The highest BCUT2D eigenvalue weighted by atomic mass is 32.2. The maximum absolute atomic E-state index is 13.2. The van der Waals surface area contributed by atoms with Gasteiger partial charge in [-0.3, -0.25) is 4.79 Å². The van der Waals surface area contributed by atoms with Gasteiger partial charge in [0.15, 0.2) is 0 Å². The Morgan fingerprint density at radius 3 is 2.42 bits per heavy atom. The molecule has 8 heteroatoms. The molecule has 0 unspecified atom stereocenters. The molecule has 0 aromatic heterocycles. The minimum atomic E-state index is -3.40. The molecule has 0 radical (unpaired) electrons. The summed E-state index contributed by atoms with van der Waals surface area (Å²) in [4.78, 5) is 15.9. The third-order valence-corrected chi connectivity index (χ3v) is 8.73. The molecule has 0 saturated carbocycles. The first-order chi connectivity index (χ1) is 15.0. The minimum Gasteiger partial charge on any atom is -0.377 e. The van der Waals surface area contributed by atoms with Gasteiger partial charge in [-0.05, 0) is 30.5 Å². The maximum Gasteiger partial charge on any atom is 0.255 e. The lowest BCUT2D eigenvalue weighted by molar-refractivity contribution is 0.0694. The van der Waals surface area contributed by atoms with Crippen LogP contribution in [0, 0.1) is 0 Å². The molecule has 2 aliphatic heterocycles. The second kappa shape index (κ2) is 10.2. The van der Waals surface area contributed by atoms with Gasteiger partial charge in [0.1, 0.15) is 0 Å². The van der Waals surface area contributed by atoms with Crippen LogP contribution in [0.3, 0.4) is 0 Å². The van der Waals surface area contributed by atoms with Gasteiger partial charge in [0.25, 0.3) is 5.91 Å². The van der Waals surface area contributed by atoms with Crippen molar-refractivity contribution in [3.05, 3.63) is 65.7 Å². The van der Waals surface area contributed by atoms with E-state index in [9.17, 15) is 13.2 Å². The number of benzene rings is 2. The lowest BCUT2D eigenvalue weighted by Gasteiger charge is -2.34. The first kappa shape index (κ1) is 22.3. The van der Waals surface area contributed by atoms with Gasteiger partial charge in [0, 0.05) is 43.4 Å². The number of carbonyl (C=O) groups excluding carboxylic acids is 1. The fraction of sp³-hybridized carbons (Fsp3) is 0.435. The predicted molar refractivity (Wildman–Crippen MR) is 123 cm³/mol. The predicted octanol–water partition coefficient (Wildman–Crippen LogP) is 3.25. The van der Waals surface area contributed by atoms with Gasteiger partial charge < -0.3 is 9.64 Å². The van der Waals surface area contributed by atoms with E-state index in [0.29, 0.717) is 31.7 Å². The van der Waals surface area contributed by atoms with Crippen LogP contribution < -0.4 is 0 Å². The highest BCUT2D eigenvalue weighted by Gasteiger charge is 2.30. The normalized spacial score (nSPS) is 20.1. The topological polar surface area (TPSA) is 66.9 Å². The minimum absolute atomic E-state index is 0.00943. The smallest absolute Gasteiger partial charge is 0.255 e. The molecular weight excluding hydrogens is 432 g/mol. The quantitative estimate of drug-likeness (QED) is 0.594. The highest BCUT2D eigenvalue weighted by molar-refractivity contribution is 7.99. The average Bonchev–Trinajstić information content (AvgIpc) is 3.32. The van der Waals surface area contributed by atoms with Gasteiger partial charge >= 0.3 is 0 Å². The van der Waals surface area contributed by atoms with E-state index in [1.807, 2.05) is 54.6 Å². The molecule has 6 nitrogen and oxygen atoms in total. The van der Waals surface area contributed by atoms with Crippen LogP contribution >= 0.6 is 11.8 Å². The largest absolute Gasteiger partial charge is 0.377 e. The summed E-state index contributed by atoms with van der Waals surface area (Å²) in [6.07, 6.45) is 2.43. The Morgan fingerprint density at radius 1 is 1.00 bits per heavy atom. The van der Waals surface area contributed by atoms with Gasteiger partial charge in [-0.1, -0.05) is 42.5 Å². The van der Waals surface area contributed by atoms with Gasteiger partial charge in [-0.15, -0.1) is 11.8 Å². The lowest BCUT2D eigenvalue weighted by atomic mass is 10.2. The Morgan fingerprint density at radius 2 is 1.71 bits per heavy atom. The van der Waals surface area contributed by atoms with Crippen LogP contribution in [0.25, 0.3) is 0 Å². The SMILES string of the molecule is O=C(c1ccccc1SC[C@@H]1CCCO1)N1CCN(S(=O)(=O)Cc2ccccc2)CC1. The van der Waals surface area contributed by atoms with Crippen LogP contribution in [0.4, 0.5) is 0 Å². The molecular formula is C23H28N2O4S2. The Labute approximate surface area is 188 Å². The fourth-order valence-electron chi connectivity index (χ4n) is 3.94. The molecule has 0 bridgehead atoms. The number of piperazine rings is 1. The van der Waals surface area contributed by atoms with Gasteiger partial charge in [0.2, 0.25) is 10.0 Å².